The van der Waals surface area contributed by atoms with Gasteiger partial charge in [0.05, 0.1) is 6.10 Å². The Morgan fingerprint density at radius 2 is 2.05 bits per heavy atom. The van der Waals surface area contributed by atoms with Crippen LogP contribution in [0.25, 0.3) is 0 Å². The van der Waals surface area contributed by atoms with Crippen molar-refractivity contribution in [2.45, 2.75) is 30.0 Å². The summed E-state index contributed by atoms with van der Waals surface area (Å²) in [4.78, 5) is 13.7. The largest absolute Gasteiger partial charge is 0.461 e. The summed E-state index contributed by atoms with van der Waals surface area (Å²) in [6.07, 6.45) is 0.00567. The van der Waals surface area contributed by atoms with Crippen molar-refractivity contribution in [1.82, 2.24) is 15.0 Å². The summed E-state index contributed by atoms with van der Waals surface area (Å²) in [6, 6.07) is 7.83. The molecule has 20 heavy (non-hydrogen) atoms. The molecule has 2 aromatic rings. The van der Waals surface area contributed by atoms with Gasteiger partial charge >= 0.3 is 6.01 Å². The summed E-state index contributed by atoms with van der Waals surface area (Å²) in [5, 5.41) is 4.13. The molecule has 1 N–H and O–H groups in total. The summed E-state index contributed by atoms with van der Waals surface area (Å²) < 4.78 is 5.52. The van der Waals surface area contributed by atoms with Gasteiger partial charge in [-0.15, -0.1) is 0 Å². The van der Waals surface area contributed by atoms with E-state index in [9.17, 15) is 0 Å². The zero-order valence-electron chi connectivity index (χ0n) is 11.4. The second-order valence-electron chi connectivity index (χ2n) is 4.20. The molecular formula is C13H15ClN4OS. The molecule has 0 amide bonds. The maximum Gasteiger partial charge on any atom is 0.322 e. The Morgan fingerprint density at radius 1 is 1.25 bits per heavy atom. The summed E-state index contributed by atoms with van der Waals surface area (Å²) >= 11 is 7.37. The zero-order valence-corrected chi connectivity index (χ0v) is 13.0. The van der Waals surface area contributed by atoms with E-state index in [2.05, 4.69) is 20.3 Å². The van der Waals surface area contributed by atoms with Gasteiger partial charge in [-0.1, -0.05) is 17.7 Å². The predicted octanol–water partition coefficient (Wildman–Crippen LogP) is 3.51. The van der Waals surface area contributed by atoms with Gasteiger partial charge < -0.3 is 10.1 Å². The Kier molecular flexibility index (Phi) is 5.03. The molecule has 1 aromatic carbocycles. The highest BCUT2D eigenvalue weighted by molar-refractivity contribution is 7.99. The molecule has 0 radical (unpaired) electrons. The standard InChI is InChI=1S/C13H15ClN4OS/c1-8(2)19-12-16-11(15-3)17-13(18-12)20-10-6-4-5-9(14)7-10/h4-8H,1-3H3,(H,15,16,17,18). The van der Waals surface area contributed by atoms with Crippen LogP contribution in [0.4, 0.5) is 5.95 Å². The van der Waals surface area contributed by atoms with Crippen LogP contribution in [0.5, 0.6) is 6.01 Å². The third-order valence-electron chi connectivity index (χ3n) is 2.16. The average Bonchev–Trinajstić information content (AvgIpc) is 2.37. The molecule has 0 spiro atoms. The van der Waals surface area contributed by atoms with Crippen molar-refractivity contribution in [3.63, 3.8) is 0 Å². The molecule has 0 unspecified atom stereocenters. The van der Waals surface area contributed by atoms with Gasteiger partial charge in [0.2, 0.25) is 11.1 Å². The van der Waals surface area contributed by atoms with Crippen LogP contribution in [0.3, 0.4) is 0 Å². The number of hydrogen-bond acceptors (Lipinski definition) is 6. The molecule has 7 heteroatoms. The summed E-state index contributed by atoms with van der Waals surface area (Å²) in [6.45, 7) is 3.85. The fourth-order valence-corrected chi connectivity index (χ4v) is 2.45. The van der Waals surface area contributed by atoms with Crippen LogP contribution in [0.15, 0.2) is 34.3 Å². The maximum absolute atomic E-state index is 5.97. The molecular weight excluding hydrogens is 296 g/mol. The molecule has 5 nitrogen and oxygen atoms in total. The van der Waals surface area contributed by atoms with Crippen LogP contribution in [0.1, 0.15) is 13.8 Å². The van der Waals surface area contributed by atoms with Crippen LogP contribution < -0.4 is 10.1 Å². The van der Waals surface area contributed by atoms with E-state index in [4.69, 9.17) is 16.3 Å². The van der Waals surface area contributed by atoms with Crippen LogP contribution >= 0.6 is 23.4 Å². The predicted molar refractivity (Wildman–Crippen MR) is 80.7 cm³/mol. The number of nitrogens with zero attached hydrogens (tertiary/aromatic N) is 3. The average molecular weight is 311 g/mol. The first-order chi connectivity index (χ1) is 9.56. The SMILES string of the molecule is CNc1nc(OC(C)C)nc(Sc2cccc(Cl)c2)n1. The molecule has 106 valence electrons. The zero-order chi connectivity index (χ0) is 14.5. The third kappa shape index (κ3) is 4.25. The lowest BCUT2D eigenvalue weighted by molar-refractivity contribution is 0.219. The van der Waals surface area contributed by atoms with Crippen molar-refractivity contribution in [2.75, 3.05) is 12.4 Å². The van der Waals surface area contributed by atoms with Gasteiger partial charge in [-0.05, 0) is 43.8 Å². The van der Waals surface area contributed by atoms with E-state index in [0.717, 1.165) is 4.90 Å². The van der Waals surface area contributed by atoms with Crippen LogP contribution in [-0.2, 0) is 0 Å². The highest BCUT2D eigenvalue weighted by atomic mass is 35.5. The summed E-state index contributed by atoms with van der Waals surface area (Å²) in [5.74, 6) is 0.472. The fourth-order valence-electron chi connectivity index (χ4n) is 1.39. The first-order valence-corrected chi connectivity index (χ1v) is 7.30. The first-order valence-electron chi connectivity index (χ1n) is 6.10. The van der Waals surface area contributed by atoms with Gasteiger partial charge in [-0.25, -0.2) is 0 Å². The minimum atomic E-state index is 0.00567. The van der Waals surface area contributed by atoms with Gasteiger partial charge in [0.1, 0.15) is 0 Å². The van der Waals surface area contributed by atoms with Crippen molar-refractivity contribution in [2.24, 2.45) is 0 Å². The Balaban J connectivity index is 2.26. The van der Waals surface area contributed by atoms with Crippen LogP contribution in [-0.4, -0.2) is 28.1 Å². The Labute approximate surface area is 127 Å². The van der Waals surface area contributed by atoms with Gasteiger partial charge in [0, 0.05) is 17.0 Å². The lowest BCUT2D eigenvalue weighted by Gasteiger charge is -2.10. The second-order valence-corrected chi connectivity index (χ2v) is 5.68. The summed E-state index contributed by atoms with van der Waals surface area (Å²) in [7, 11) is 1.75. The normalized spacial score (nSPS) is 10.7. The monoisotopic (exact) mass is 310 g/mol. The maximum atomic E-state index is 5.97. The van der Waals surface area contributed by atoms with E-state index in [1.807, 2.05) is 38.1 Å². The fraction of sp³-hybridized carbons (Fsp3) is 0.308. The number of aromatic nitrogens is 3. The smallest absolute Gasteiger partial charge is 0.322 e. The Bertz CT molecular complexity index is 594. The number of hydrogen-bond donors (Lipinski definition) is 1. The molecule has 1 heterocycles. The number of benzene rings is 1. The number of nitrogens with one attached hydrogen (secondary N) is 1. The molecule has 1 aromatic heterocycles. The van der Waals surface area contributed by atoms with Crippen molar-refractivity contribution in [3.8, 4) is 6.01 Å². The van der Waals surface area contributed by atoms with Gasteiger partial charge in [0.25, 0.3) is 0 Å². The molecule has 0 bridgehead atoms. The van der Waals surface area contributed by atoms with Gasteiger partial charge in [-0.3, -0.25) is 0 Å². The van der Waals surface area contributed by atoms with Gasteiger partial charge in [-0.2, -0.15) is 15.0 Å². The minimum absolute atomic E-state index is 0.00567. The van der Waals surface area contributed by atoms with Crippen molar-refractivity contribution < 1.29 is 4.74 Å². The summed E-state index contributed by atoms with van der Waals surface area (Å²) in [5.41, 5.74) is 0. The lowest BCUT2D eigenvalue weighted by Crippen LogP contribution is -2.10. The molecule has 0 aliphatic heterocycles. The van der Waals surface area contributed by atoms with Crippen molar-refractivity contribution in [1.29, 1.82) is 0 Å². The second kappa shape index (κ2) is 6.76. The number of halogens is 1. The van der Waals surface area contributed by atoms with Crippen LogP contribution in [0.2, 0.25) is 5.02 Å². The molecule has 0 aliphatic carbocycles. The van der Waals surface area contributed by atoms with Crippen LogP contribution in [0, 0.1) is 0 Å². The topological polar surface area (TPSA) is 59.9 Å². The quantitative estimate of drug-likeness (QED) is 0.912. The number of anilines is 1. The van der Waals surface area contributed by atoms with Crippen molar-refractivity contribution in [3.05, 3.63) is 29.3 Å². The minimum Gasteiger partial charge on any atom is -0.461 e. The van der Waals surface area contributed by atoms with E-state index in [-0.39, 0.29) is 6.10 Å². The highest BCUT2D eigenvalue weighted by Gasteiger charge is 2.09. The van der Waals surface area contributed by atoms with E-state index in [0.29, 0.717) is 22.1 Å². The number of rotatable bonds is 5. The molecule has 0 atom stereocenters. The first kappa shape index (κ1) is 14.9. The Morgan fingerprint density at radius 3 is 2.70 bits per heavy atom. The third-order valence-corrected chi connectivity index (χ3v) is 3.25. The van der Waals surface area contributed by atoms with E-state index < -0.39 is 0 Å². The van der Waals surface area contributed by atoms with E-state index in [1.165, 1.54) is 11.8 Å². The number of ether oxygens (including phenoxy) is 1. The molecule has 2 rings (SSSR count). The lowest BCUT2D eigenvalue weighted by atomic mass is 10.4. The molecule has 0 saturated carbocycles. The molecule has 0 fully saturated rings. The van der Waals surface area contributed by atoms with E-state index >= 15 is 0 Å². The molecule has 0 saturated heterocycles. The highest BCUT2D eigenvalue weighted by Crippen LogP contribution is 2.28. The Hall–Kier alpha value is -1.53. The molecule has 0 aliphatic rings. The van der Waals surface area contributed by atoms with Gasteiger partial charge in [0.15, 0.2) is 0 Å². The van der Waals surface area contributed by atoms with E-state index in [1.54, 1.807) is 7.05 Å². The van der Waals surface area contributed by atoms with Crippen molar-refractivity contribution >= 4 is 29.3 Å².